The maximum absolute atomic E-state index is 14.3. The number of carbonyl (C=O) groups excluding carboxylic acids is 8. The van der Waals surface area contributed by atoms with Crippen LogP contribution in [0.5, 0.6) is 0 Å². The fourth-order valence-electron chi connectivity index (χ4n) is 9.25. The van der Waals surface area contributed by atoms with Crippen molar-refractivity contribution in [3.8, 4) is 0 Å². The molecule has 0 spiro atoms. The van der Waals surface area contributed by atoms with Crippen molar-refractivity contribution in [1.29, 1.82) is 0 Å². The molecule has 2 fully saturated rings. The molecule has 0 radical (unpaired) electrons. The number of halogens is 2. The second kappa shape index (κ2) is 26.9. The molecule has 17 heteroatoms. The largest absolute Gasteiger partial charge is 0.344 e. The second-order valence-electron chi connectivity index (χ2n) is 21.9. The molecule has 15 nitrogen and oxygen atoms in total. The number of carbonyl (C=O) groups is 8. The van der Waals surface area contributed by atoms with Crippen LogP contribution in [0.3, 0.4) is 0 Å². The quantitative estimate of drug-likeness (QED) is 0.106. The SMILES string of the molecule is CC[C@@H](C)C(=O)N[C@H](C(=O)N1CCC[C@H]1CN(CCc1ccc(F)cc1)C(=O)CCC(=O)C(=O)NCC(=O)N(CCc1ccc(F)cc1)C[C@@H]1CCCN1C(=O)[C@@H](CC(=O)[C@H](C)NC)C(C)(C)C)C(C)(C)C. The zero-order valence-electron chi connectivity index (χ0n) is 44.4. The molecule has 0 saturated carbocycles. The standard InChI is InChI=1S/C55H81F2N7O8/c1-11-36(2)50(69)60-49(55(7,8)9)53(72)64-29-13-15-43(64)34-61(30-26-38-16-20-40(56)21-17-38)47(67)25-24-45(65)51(70)59-33-48(68)62(31-27-39-18-22-41(57)23-19-39)35-42-14-12-28-63(42)52(71)44(54(4,5)6)32-46(66)37(3)58-10/h16-23,36-37,42-44,49,58H,11-15,24-35H2,1-10H3,(H,59,70)(H,60,69)/t36-,37+,42+,43+,44-,49-/m1/s1. The monoisotopic (exact) mass is 1010 g/mol. The predicted octanol–water partition coefficient (Wildman–Crippen LogP) is 5.66. The van der Waals surface area contributed by atoms with Gasteiger partial charge in [-0.2, -0.15) is 0 Å². The molecular formula is C55H81F2N7O8. The van der Waals surface area contributed by atoms with E-state index >= 15 is 0 Å². The van der Waals surface area contributed by atoms with Gasteiger partial charge in [0.1, 0.15) is 23.5 Å². The van der Waals surface area contributed by atoms with Gasteiger partial charge in [0.2, 0.25) is 35.3 Å². The van der Waals surface area contributed by atoms with Crippen molar-refractivity contribution in [2.45, 2.75) is 151 Å². The van der Waals surface area contributed by atoms with Gasteiger partial charge in [-0.25, -0.2) is 8.78 Å². The first-order valence-corrected chi connectivity index (χ1v) is 25.8. The van der Waals surface area contributed by atoms with Crippen LogP contribution in [0.2, 0.25) is 0 Å². The zero-order chi connectivity index (χ0) is 53.5. The number of hydrogen-bond donors (Lipinski definition) is 3. The first-order valence-electron chi connectivity index (χ1n) is 25.8. The van der Waals surface area contributed by atoms with Crippen LogP contribution in [0.15, 0.2) is 48.5 Å². The molecule has 2 aliphatic rings. The van der Waals surface area contributed by atoms with Gasteiger partial charge in [-0.05, 0) is 105 Å². The lowest BCUT2D eigenvalue weighted by atomic mass is 9.76. The number of nitrogens with one attached hydrogen (secondary N) is 3. The Morgan fingerprint density at radius 3 is 1.64 bits per heavy atom. The molecule has 6 amide bonds. The Hall–Kier alpha value is -5.58. The Kier molecular flexibility index (Phi) is 22.1. The smallest absolute Gasteiger partial charge is 0.287 e. The number of likely N-dealkylation sites (tertiary alicyclic amines) is 2. The van der Waals surface area contributed by atoms with E-state index < -0.39 is 76.9 Å². The van der Waals surface area contributed by atoms with Crippen molar-refractivity contribution in [3.63, 3.8) is 0 Å². The van der Waals surface area contributed by atoms with E-state index in [1.54, 1.807) is 52.9 Å². The summed E-state index contributed by atoms with van der Waals surface area (Å²) in [4.78, 5) is 116. The highest BCUT2D eigenvalue weighted by Gasteiger charge is 2.42. The maximum Gasteiger partial charge on any atom is 0.287 e. The molecule has 2 saturated heterocycles. The fourth-order valence-corrected chi connectivity index (χ4v) is 9.25. The minimum absolute atomic E-state index is 0.0549. The maximum atomic E-state index is 14.3. The molecule has 6 atom stereocenters. The lowest BCUT2D eigenvalue weighted by Crippen LogP contribution is -2.57. The van der Waals surface area contributed by atoms with Crippen LogP contribution in [-0.4, -0.2) is 144 Å². The Bertz CT molecular complexity index is 2040. The Morgan fingerprint density at radius 2 is 1.18 bits per heavy atom. The third kappa shape index (κ3) is 17.3. The molecule has 0 aliphatic carbocycles. The van der Waals surface area contributed by atoms with Gasteiger partial charge >= 0.3 is 0 Å². The van der Waals surface area contributed by atoms with Crippen LogP contribution in [0, 0.1) is 34.3 Å². The van der Waals surface area contributed by atoms with Gasteiger partial charge in [-0.15, -0.1) is 0 Å². The van der Waals surface area contributed by atoms with Crippen molar-refractivity contribution >= 4 is 47.0 Å². The summed E-state index contributed by atoms with van der Waals surface area (Å²) >= 11 is 0. The Morgan fingerprint density at radius 1 is 0.694 bits per heavy atom. The fraction of sp³-hybridized carbons (Fsp3) is 0.636. The number of benzene rings is 2. The van der Waals surface area contributed by atoms with E-state index in [9.17, 15) is 47.1 Å². The summed E-state index contributed by atoms with van der Waals surface area (Å²) in [6, 6.07) is 9.80. The highest BCUT2D eigenvalue weighted by atomic mass is 19.1. The highest BCUT2D eigenvalue weighted by Crippen LogP contribution is 2.34. The Labute approximate surface area is 425 Å². The molecule has 2 aromatic rings. The molecule has 398 valence electrons. The van der Waals surface area contributed by atoms with Crippen LogP contribution in [0.1, 0.15) is 125 Å². The van der Waals surface area contributed by atoms with E-state index in [1.165, 1.54) is 29.2 Å². The highest BCUT2D eigenvalue weighted by molar-refractivity contribution is 6.36. The summed E-state index contributed by atoms with van der Waals surface area (Å²) in [6.45, 7) is 17.9. The summed E-state index contributed by atoms with van der Waals surface area (Å²) in [7, 11) is 1.69. The summed E-state index contributed by atoms with van der Waals surface area (Å²) in [5.74, 6) is -5.28. The summed E-state index contributed by atoms with van der Waals surface area (Å²) in [5.41, 5.74) is 0.396. The van der Waals surface area contributed by atoms with Crippen LogP contribution in [0.25, 0.3) is 0 Å². The van der Waals surface area contributed by atoms with Crippen LogP contribution in [-0.2, 0) is 51.2 Å². The van der Waals surface area contributed by atoms with Crippen molar-refractivity contribution in [3.05, 3.63) is 71.3 Å². The van der Waals surface area contributed by atoms with Crippen LogP contribution < -0.4 is 16.0 Å². The lowest BCUT2D eigenvalue weighted by Gasteiger charge is -2.37. The Balaban J connectivity index is 1.45. The van der Waals surface area contributed by atoms with Crippen LogP contribution in [0.4, 0.5) is 8.78 Å². The summed E-state index contributed by atoms with van der Waals surface area (Å²) in [6.07, 6.45) is 3.16. The number of hydrogen-bond acceptors (Lipinski definition) is 9. The molecular weight excluding hydrogens is 925 g/mol. The molecule has 4 rings (SSSR count). The van der Waals surface area contributed by atoms with Crippen molar-refractivity contribution in [2.75, 3.05) is 52.9 Å². The van der Waals surface area contributed by atoms with Crippen molar-refractivity contribution in [2.24, 2.45) is 22.7 Å². The molecule has 0 bridgehead atoms. The van der Waals surface area contributed by atoms with Gasteiger partial charge in [0.25, 0.3) is 5.91 Å². The normalized spacial score (nSPS) is 17.7. The first-order chi connectivity index (χ1) is 33.8. The zero-order valence-corrected chi connectivity index (χ0v) is 44.4. The van der Waals surface area contributed by atoms with E-state index in [2.05, 4.69) is 16.0 Å². The average Bonchev–Trinajstić information content (AvgIpc) is 4.02. The minimum Gasteiger partial charge on any atom is -0.344 e. The van der Waals surface area contributed by atoms with Gasteiger partial charge in [0.15, 0.2) is 0 Å². The number of rotatable bonds is 25. The number of Topliss-reactive ketones (excluding diaryl/α,β-unsaturated/α-hetero) is 2. The number of likely N-dealkylation sites (N-methyl/N-ethyl adjacent to an activating group) is 1. The van der Waals surface area contributed by atoms with Gasteiger partial charge in [0, 0.05) is 82.5 Å². The number of amides is 6. The molecule has 0 aromatic heterocycles. The van der Waals surface area contributed by atoms with Crippen molar-refractivity contribution < 1.29 is 47.1 Å². The van der Waals surface area contributed by atoms with E-state index in [0.717, 1.165) is 11.1 Å². The number of ketones is 2. The van der Waals surface area contributed by atoms with E-state index in [4.69, 9.17) is 0 Å². The predicted molar refractivity (Wildman–Crippen MR) is 272 cm³/mol. The average molecular weight is 1010 g/mol. The molecule has 72 heavy (non-hydrogen) atoms. The van der Waals surface area contributed by atoms with Gasteiger partial charge < -0.3 is 35.6 Å². The molecule has 2 aromatic carbocycles. The van der Waals surface area contributed by atoms with E-state index in [1.807, 2.05) is 55.4 Å². The minimum atomic E-state index is -1.04. The first kappa shape index (κ1) is 59.0. The molecule has 2 heterocycles. The van der Waals surface area contributed by atoms with Gasteiger partial charge in [0.05, 0.1) is 12.6 Å². The van der Waals surface area contributed by atoms with E-state index in [0.29, 0.717) is 58.0 Å². The molecule has 0 unspecified atom stereocenters. The third-order valence-electron chi connectivity index (χ3n) is 14.4. The van der Waals surface area contributed by atoms with Gasteiger partial charge in [-0.3, -0.25) is 38.4 Å². The number of nitrogens with zero attached hydrogens (tertiary/aromatic N) is 4. The second-order valence-corrected chi connectivity index (χ2v) is 21.9. The molecule has 3 N–H and O–H groups in total. The van der Waals surface area contributed by atoms with Crippen molar-refractivity contribution in [1.82, 2.24) is 35.6 Å². The van der Waals surface area contributed by atoms with Crippen LogP contribution >= 0.6 is 0 Å². The third-order valence-corrected chi connectivity index (χ3v) is 14.4. The lowest BCUT2D eigenvalue weighted by molar-refractivity contribution is -0.144. The van der Waals surface area contributed by atoms with Gasteiger partial charge in [-0.1, -0.05) is 79.7 Å². The topological polar surface area (TPSA) is 186 Å². The summed E-state index contributed by atoms with van der Waals surface area (Å²) < 4.78 is 27.6. The van der Waals surface area contributed by atoms with E-state index in [-0.39, 0.29) is 80.5 Å². The summed E-state index contributed by atoms with van der Waals surface area (Å²) in [5, 5.41) is 8.38. The molecule has 2 aliphatic heterocycles.